The third kappa shape index (κ3) is 17.6. The summed E-state index contributed by atoms with van der Waals surface area (Å²) in [4.78, 5) is 53.3. The molecule has 416 valence electrons. The molecule has 0 radical (unpaired) electrons. The molecule has 0 spiro atoms. The topological polar surface area (TPSA) is 142 Å². The highest BCUT2D eigenvalue weighted by Gasteiger charge is 2.54. The molecule has 72 heavy (non-hydrogen) atoms. The standard InChI is InChI=1S/C56H96O12S4/c1-17-61-45(57)29-65-49-37-21-33(53(5,6)7)22-38(49)70-40-24-35(55(11,12)13)26-42(51(40)67-31-47(59)63-19-3)72-44-28-36(56(14,15)16)27-43(52(44)68-32-48(60)64-20-4)71-41-25-34(54(8,9)10)23-39(69-37)50(41)66-30-46(58)62-18-2/h33-44,49-52H,17-32H2,1-16H3. The van der Waals surface area contributed by atoms with E-state index < -0.39 is 0 Å². The van der Waals surface area contributed by atoms with Crippen molar-refractivity contribution in [3.63, 3.8) is 0 Å². The predicted molar refractivity (Wildman–Crippen MR) is 295 cm³/mol. The van der Waals surface area contributed by atoms with Crippen LogP contribution in [0.2, 0.25) is 0 Å². The van der Waals surface area contributed by atoms with Crippen LogP contribution in [0.1, 0.15) is 162 Å². The number of carbonyl (C=O) groups is 4. The number of hydrogen-bond acceptors (Lipinski definition) is 16. The maximum absolute atomic E-state index is 13.3. The summed E-state index contributed by atoms with van der Waals surface area (Å²) < 4.78 is 50.0. The van der Waals surface area contributed by atoms with Gasteiger partial charge in [-0.05, 0) is 124 Å². The molecule has 12 nitrogen and oxygen atoms in total. The van der Waals surface area contributed by atoms with E-state index in [1.807, 2.05) is 74.7 Å². The fraction of sp³-hybridized carbons (Fsp3) is 0.929. The van der Waals surface area contributed by atoms with E-state index >= 15 is 0 Å². The number of hydrogen-bond donors (Lipinski definition) is 0. The molecule has 5 aliphatic rings. The lowest BCUT2D eigenvalue weighted by Crippen LogP contribution is -2.55. The molecular weight excluding hydrogens is 993 g/mol. The second-order valence-electron chi connectivity index (χ2n) is 25.3. The van der Waals surface area contributed by atoms with Crippen molar-refractivity contribution in [3.05, 3.63) is 0 Å². The molecule has 0 amide bonds. The van der Waals surface area contributed by atoms with Crippen LogP contribution in [0, 0.1) is 45.3 Å². The van der Waals surface area contributed by atoms with E-state index in [9.17, 15) is 19.2 Å². The molecule has 16 heteroatoms. The summed E-state index contributed by atoms with van der Waals surface area (Å²) in [6, 6.07) is 0. The van der Waals surface area contributed by atoms with Gasteiger partial charge in [0.1, 0.15) is 26.4 Å². The number of esters is 4. The highest BCUT2D eigenvalue weighted by atomic mass is 32.2. The summed E-state index contributed by atoms with van der Waals surface area (Å²) in [7, 11) is 0. The molecule has 0 N–H and O–H groups in total. The molecule has 5 rings (SSSR count). The molecule has 0 aromatic rings. The fourth-order valence-electron chi connectivity index (χ4n) is 11.8. The molecule has 4 saturated carbocycles. The maximum atomic E-state index is 13.3. The van der Waals surface area contributed by atoms with E-state index in [0.29, 0.717) is 23.7 Å². The van der Waals surface area contributed by atoms with Crippen LogP contribution < -0.4 is 0 Å². The second kappa shape index (κ2) is 27.1. The van der Waals surface area contributed by atoms with Gasteiger partial charge in [0.2, 0.25) is 0 Å². The smallest absolute Gasteiger partial charge is 0.332 e. The van der Waals surface area contributed by atoms with Gasteiger partial charge in [-0.25, -0.2) is 19.2 Å². The average molecular weight is 1090 g/mol. The van der Waals surface area contributed by atoms with Crippen LogP contribution in [0.4, 0.5) is 0 Å². The number of ether oxygens (including phenoxy) is 8. The molecule has 5 fully saturated rings. The molecule has 1 aliphatic heterocycles. The van der Waals surface area contributed by atoms with E-state index in [0.717, 1.165) is 51.4 Å². The van der Waals surface area contributed by atoms with E-state index in [2.05, 4.69) is 83.1 Å². The van der Waals surface area contributed by atoms with Crippen LogP contribution in [0.5, 0.6) is 0 Å². The number of rotatable bonds is 16. The van der Waals surface area contributed by atoms with Crippen molar-refractivity contribution in [1.29, 1.82) is 0 Å². The second-order valence-corrected chi connectivity index (χ2v) is 31.2. The third-order valence-electron chi connectivity index (χ3n) is 16.2. The lowest BCUT2D eigenvalue weighted by atomic mass is 9.71. The Hall–Kier alpha value is -0.880. The average Bonchev–Trinajstić information content (AvgIpc) is 3.26. The zero-order chi connectivity index (χ0) is 53.3. The van der Waals surface area contributed by atoms with Gasteiger partial charge in [0.25, 0.3) is 0 Å². The quantitative estimate of drug-likeness (QED) is 0.107. The highest BCUT2D eigenvalue weighted by molar-refractivity contribution is 8.02. The van der Waals surface area contributed by atoms with Crippen molar-refractivity contribution in [2.75, 3.05) is 52.9 Å². The fourth-order valence-corrected chi connectivity index (χ4v) is 20.1. The molecule has 4 aliphatic carbocycles. The summed E-state index contributed by atoms with van der Waals surface area (Å²) in [6.07, 6.45) is 5.81. The van der Waals surface area contributed by atoms with Crippen LogP contribution >= 0.6 is 47.0 Å². The monoisotopic (exact) mass is 1090 g/mol. The molecule has 0 aromatic carbocycles. The summed E-state index contributed by atoms with van der Waals surface area (Å²) in [5.41, 5.74) is -0.105. The Kier molecular flexibility index (Phi) is 23.4. The largest absolute Gasteiger partial charge is 0.464 e. The SMILES string of the molecule is CCOC(=O)COC1C2CC(C(C)(C)C)CC1SC1CC(C(C)(C)C)CC(SC3CC(C(C)(C)C)CC(SC4CC(C(C)(C)C)CC(S2)C4OCC(=O)OCC)C3OCC(=O)OCC)C1OCC(=O)OCC. The Bertz CT molecular complexity index is 1440. The van der Waals surface area contributed by atoms with E-state index in [-0.39, 0.29) is 165 Å². The Morgan fingerprint density at radius 3 is 0.597 bits per heavy atom. The van der Waals surface area contributed by atoms with Gasteiger partial charge in [-0.3, -0.25) is 0 Å². The van der Waals surface area contributed by atoms with Gasteiger partial charge in [0.15, 0.2) is 0 Å². The van der Waals surface area contributed by atoms with E-state index in [1.54, 1.807) is 0 Å². The molecule has 8 unspecified atom stereocenters. The predicted octanol–water partition coefficient (Wildman–Crippen LogP) is 11.5. The Labute approximate surface area is 452 Å². The molecule has 1 saturated heterocycles. The summed E-state index contributed by atoms with van der Waals surface area (Å²) in [6.45, 7) is 35.9. The lowest BCUT2D eigenvalue weighted by molar-refractivity contribution is -0.151. The van der Waals surface area contributed by atoms with Crippen molar-refractivity contribution >= 4 is 70.9 Å². The van der Waals surface area contributed by atoms with Gasteiger partial charge in [0, 0.05) is 42.0 Å². The van der Waals surface area contributed by atoms with Crippen LogP contribution in [0.25, 0.3) is 0 Å². The first-order valence-corrected chi connectivity index (χ1v) is 31.1. The van der Waals surface area contributed by atoms with Gasteiger partial charge >= 0.3 is 23.9 Å². The van der Waals surface area contributed by atoms with Crippen molar-refractivity contribution in [1.82, 2.24) is 0 Å². The summed E-state index contributed by atoms with van der Waals surface area (Å²) in [5, 5.41) is -0.208. The molecule has 8 bridgehead atoms. The van der Waals surface area contributed by atoms with Crippen LogP contribution in [0.15, 0.2) is 0 Å². The molecule has 8 atom stereocenters. The Morgan fingerprint density at radius 1 is 0.319 bits per heavy atom. The first kappa shape index (κ1) is 62.0. The number of thioether (sulfide) groups is 4. The number of carbonyl (C=O) groups excluding carboxylic acids is 4. The minimum Gasteiger partial charge on any atom is -0.464 e. The molecule has 0 aromatic heterocycles. The first-order chi connectivity index (χ1) is 33.7. The Morgan fingerprint density at radius 2 is 0.472 bits per heavy atom. The Balaban J connectivity index is 1.78. The van der Waals surface area contributed by atoms with Gasteiger partial charge in [0.05, 0.1) is 50.8 Å². The maximum Gasteiger partial charge on any atom is 0.332 e. The van der Waals surface area contributed by atoms with E-state index in [4.69, 9.17) is 37.9 Å². The van der Waals surface area contributed by atoms with Gasteiger partial charge in [-0.15, -0.1) is 47.0 Å². The number of fused-ring (bicyclic) bond motifs is 8. The molecule has 1 heterocycles. The highest BCUT2D eigenvalue weighted by Crippen LogP contribution is 2.58. The molecular formula is C56H96O12S4. The summed E-state index contributed by atoms with van der Waals surface area (Å²) in [5.74, 6) is -0.178. The van der Waals surface area contributed by atoms with Crippen molar-refractivity contribution < 1.29 is 57.1 Å². The summed E-state index contributed by atoms with van der Waals surface area (Å²) >= 11 is 7.80. The van der Waals surface area contributed by atoms with Gasteiger partial charge < -0.3 is 37.9 Å². The van der Waals surface area contributed by atoms with Crippen molar-refractivity contribution in [2.24, 2.45) is 45.3 Å². The van der Waals surface area contributed by atoms with Crippen LogP contribution in [-0.4, -0.2) is 143 Å². The first-order valence-electron chi connectivity index (χ1n) is 27.4. The van der Waals surface area contributed by atoms with Crippen molar-refractivity contribution in [3.8, 4) is 0 Å². The van der Waals surface area contributed by atoms with Crippen LogP contribution in [0.3, 0.4) is 0 Å². The third-order valence-corrected chi connectivity index (χ3v) is 22.6. The van der Waals surface area contributed by atoms with Gasteiger partial charge in [-0.1, -0.05) is 83.1 Å². The van der Waals surface area contributed by atoms with Crippen molar-refractivity contribution in [2.45, 2.75) is 229 Å². The lowest BCUT2D eigenvalue weighted by Gasteiger charge is -2.53. The minimum absolute atomic E-state index is 0.0260. The van der Waals surface area contributed by atoms with E-state index in [1.165, 1.54) is 0 Å². The zero-order valence-electron chi connectivity index (χ0n) is 47.1. The van der Waals surface area contributed by atoms with Gasteiger partial charge in [-0.2, -0.15) is 0 Å². The normalized spacial score (nSPS) is 34.9. The minimum atomic E-state index is -0.375. The zero-order valence-corrected chi connectivity index (χ0v) is 50.3. The van der Waals surface area contributed by atoms with Crippen LogP contribution in [-0.2, 0) is 57.1 Å².